The van der Waals surface area contributed by atoms with Crippen LogP contribution in [0.15, 0.2) is 24.3 Å². The Morgan fingerprint density at radius 3 is 2.53 bits per heavy atom. The van der Waals surface area contributed by atoms with E-state index in [1.54, 1.807) is 18.2 Å². The van der Waals surface area contributed by atoms with Crippen molar-refractivity contribution in [2.45, 2.75) is 12.8 Å². The van der Waals surface area contributed by atoms with Crippen LogP contribution in [0.2, 0.25) is 0 Å². The Labute approximate surface area is 98.4 Å². The van der Waals surface area contributed by atoms with Crippen LogP contribution in [0.3, 0.4) is 0 Å². The second kappa shape index (κ2) is 4.08. The summed E-state index contributed by atoms with van der Waals surface area (Å²) < 4.78 is 4.60. The Morgan fingerprint density at radius 2 is 2.00 bits per heavy atom. The number of esters is 1. The molecule has 1 aromatic carbocycles. The van der Waals surface area contributed by atoms with E-state index in [0.29, 0.717) is 18.5 Å². The molecule has 5 nitrogen and oxygen atoms in total. The van der Waals surface area contributed by atoms with Crippen molar-refractivity contribution in [1.82, 2.24) is 0 Å². The van der Waals surface area contributed by atoms with E-state index in [1.807, 2.05) is 0 Å². The van der Waals surface area contributed by atoms with E-state index in [4.69, 9.17) is 0 Å². The van der Waals surface area contributed by atoms with Crippen LogP contribution in [0.1, 0.15) is 12.8 Å². The Morgan fingerprint density at radius 1 is 1.35 bits per heavy atom. The average Bonchev–Trinajstić information content (AvgIpc) is 3.12. The molecule has 1 fully saturated rings. The van der Waals surface area contributed by atoms with Crippen LogP contribution in [-0.2, 0) is 14.3 Å². The fourth-order valence-electron chi connectivity index (χ4n) is 1.67. The maximum atomic E-state index is 11.9. The molecule has 2 N–H and O–H groups in total. The topological polar surface area (TPSA) is 75.6 Å². The molecular formula is C12H13NO4. The predicted octanol–water partition coefficient (Wildman–Crippen LogP) is 1.28. The number of benzene rings is 1. The number of para-hydroxylation sites is 2. The minimum Gasteiger partial charge on any atom is -0.506 e. The zero-order chi connectivity index (χ0) is 12.5. The molecule has 0 heterocycles. The summed E-state index contributed by atoms with van der Waals surface area (Å²) in [6.07, 6.45) is 0.970. The predicted molar refractivity (Wildman–Crippen MR) is 60.4 cm³/mol. The lowest BCUT2D eigenvalue weighted by Crippen LogP contribution is -2.32. The van der Waals surface area contributed by atoms with Crippen molar-refractivity contribution in [3.63, 3.8) is 0 Å². The highest BCUT2D eigenvalue weighted by Gasteiger charge is 2.57. The molecule has 5 heteroatoms. The number of rotatable bonds is 3. The molecule has 17 heavy (non-hydrogen) atoms. The van der Waals surface area contributed by atoms with Gasteiger partial charge in [-0.1, -0.05) is 12.1 Å². The van der Waals surface area contributed by atoms with E-state index in [2.05, 4.69) is 10.1 Å². The first-order chi connectivity index (χ1) is 8.10. The van der Waals surface area contributed by atoms with E-state index >= 15 is 0 Å². The van der Waals surface area contributed by atoms with Crippen LogP contribution in [0.25, 0.3) is 0 Å². The van der Waals surface area contributed by atoms with Crippen molar-refractivity contribution in [2.75, 3.05) is 12.4 Å². The summed E-state index contributed by atoms with van der Waals surface area (Å²) in [5.41, 5.74) is -0.760. The number of nitrogens with one attached hydrogen (secondary N) is 1. The molecular weight excluding hydrogens is 222 g/mol. The van der Waals surface area contributed by atoms with Gasteiger partial charge in [-0.15, -0.1) is 0 Å². The van der Waals surface area contributed by atoms with Crippen molar-refractivity contribution in [3.8, 4) is 5.75 Å². The van der Waals surface area contributed by atoms with Gasteiger partial charge in [0.05, 0.1) is 12.8 Å². The number of carbonyl (C=O) groups excluding carboxylic acids is 2. The van der Waals surface area contributed by atoms with Crippen molar-refractivity contribution in [2.24, 2.45) is 5.41 Å². The van der Waals surface area contributed by atoms with Gasteiger partial charge in [0.25, 0.3) is 0 Å². The van der Waals surface area contributed by atoms with Crippen LogP contribution >= 0.6 is 0 Å². The zero-order valence-electron chi connectivity index (χ0n) is 9.40. The molecule has 1 aliphatic rings. The van der Waals surface area contributed by atoms with Crippen molar-refractivity contribution < 1.29 is 19.4 Å². The highest BCUT2D eigenvalue weighted by atomic mass is 16.5. The maximum absolute atomic E-state index is 11.9. The molecule has 0 radical (unpaired) electrons. The molecule has 1 aliphatic carbocycles. The standard InChI is InChI=1S/C12H13NO4/c1-17-11(16)12(6-7-12)10(15)13-8-4-2-3-5-9(8)14/h2-5,14H,6-7H2,1H3,(H,13,15). The second-order valence-corrected chi connectivity index (χ2v) is 4.04. The SMILES string of the molecule is COC(=O)C1(C(=O)Nc2ccccc2O)CC1. The lowest BCUT2D eigenvalue weighted by atomic mass is 10.1. The van der Waals surface area contributed by atoms with Gasteiger partial charge >= 0.3 is 5.97 Å². The molecule has 2 rings (SSSR count). The highest BCUT2D eigenvalue weighted by molar-refractivity contribution is 6.11. The summed E-state index contributed by atoms with van der Waals surface area (Å²) in [5, 5.41) is 12.0. The monoisotopic (exact) mass is 235 g/mol. The number of phenols is 1. The fourth-order valence-corrected chi connectivity index (χ4v) is 1.67. The van der Waals surface area contributed by atoms with Gasteiger partial charge in [0.15, 0.2) is 0 Å². The highest BCUT2D eigenvalue weighted by Crippen LogP contribution is 2.47. The Bertz CT molecular complexity index is 465. The first-order valence-corrected chi connectivity index (χ1v) is 5.28. The third kappa shape index (κ3) is 1.95. The van der Waals surface area contributed by atoms with Gasteiger partial charge in [-0.2, -0.15) is 0 Å². The number of aromatic hydroxyl groups is 1. The number of hydrogen-bond donors (Lipinski definition) is 2. The van der Waals surface area contributed by atoms with Crippen LogP contribution in [-0.4, -0.2) is 24.1 Å². The lowest BCUT2D eigenvalue weighted by molar-refractivity contribution is -0.150. The van der Waals surface area contributed by atoms with Gasteiger partial charge < -0.3 is 15.2 Å². The van der Waals surface area contributed by atoms with Crippen LogP contribution in [0, 0.1) is 5.41 Å². The third-order valence-corrected chi connectivity index (χ3v) is 2.91. The van der Waals surface area contributed by atoms with E-state index in [-0.39, 0.29) is 5.75 Å². The van der Waals surface area contributed by atoms with Gasteiger partial charge in [-0.25, -0.2) is 0 Å². The summed E-state index contributed by atoms with van der Waals surface area (Å²) in [6, 6.07) is 6.37. The molecule has 0 saturated heterocycles. The van der Waals surface area contributed by atoms with Gasteiger partial charge in [0.2, 0.25) is 5.91 Å². The summed E-state index contributed by atoms with van der Waals surface area (Å²) in [5.74, 6) is -0.974. The molecule has 0 unspecified atom stereocenters. The normalized spacial score (nSPS) is 16.1. The zero-order valence-corrected chi connectivity index (χ0v) is 9.40. The molecule has 0 aromatic heterocycles. The quantitative estimate of drug-likeness (QED) is 0.470. The van der Waals surface area contributed by atoms with Gasteiger partial charge in [-0.3, -0.25) is 9.59 Å². The molecule has 0 aliphatic heterocycles. The summed E-state index contributed by atoms with van der Waals surface area (Å²) in [7, 11) is 1.26. The molecule has 90 valence electrons. The average molecular weight is 235 g/mol. The Hall–Kier alpha value is -2.04. The summed E-state index contributed by atoms with van der Waals surface area (Å²) >= 11 is 0. The van der Waals surface area contributed by atoms with Crippen molar-refractivity contribution in [1.29, 1.82) is 0 Å². The number of anilines is 1. The maximum Gasteiger partial charge on any atom is 0.321 e. The van der Waals surface area contributed by atoms with Gasteiger partial charge in [-0.05, 0) is 25.0 Å². The molecule has 1 amide bonds. The smallest absolute Gasteiger partial charge is 0.321 e. The lowest BCUT2D eigenvalue weighted by Gasteiger charge is -2.13. The molecule has 1 saturated carbocycles. The number of carbonyl (C=O) groups is 2. The first kappa shape index (κ1) is 11.4. The third-order valence-electron chi connectivity index (χ3n) is 2.91. The van der Waals surface area contributed by atoms with Crippen molar-refractivity contribution in [3.05, 3.63) is 24.3 Å². The van der Waals surface area contributed by atoms with Gasteiger partial charge in [0.1, 0.15) is 11.2 Å². The van der Waals surface area contributed by atoms with Crippen LogP contribution < -0.4 is 5.32 Å². The molecule has 1 aromatic rings. The van der Waals surface area contributed by atoms with Crippen LogP contribution in [0.4, 0.5) is 5.69 Å². The van der Waals surface area contributed by atoms with Gasteiger partial charge in [0, 0.05) is 0 Å². The number of methoxy groups -OCH3 is 1. The number of phenolic OH excluding ortho intramolecular Hbond substituents is 1. The molecule has 0 spiro atoms. The first-order valence-electron chi connectivity index (χ1n) is 5.28. The van der Waals surface area contributed by atoms with E-state index < -0.39 is 17.3 Å². The van der Waals surface area contributed by atoms with E-state index in [0.717, 1.165) is 0 Å². The Kier molecular flexibility index (Phi) is 2.75. The minimum atomic E-state index is -1.06. The molecule has 0 atom stereocenters. The minimum absolute atomic E-state index is 0.0264. The van der Waals surface area contributed by atoms with Crippen LogP contribution in [0.5, 0.6) is 5.75 Å². The number of ether oxygens (including phenoxy) is 1. The van der Waals surface area contributed by atoms with E-state index in [1.165, 1.54) is 13.2 Å². The summed E-state index contributed by atoms with van der Waals surface area (Å²) in [4.78, 5) is 23.4. The largest absolute Gasteiger partial charge is 0.506 e. The van der Waals surface area contributed by atoms with Crippen molar-refractivity contribution >= 4 is 17.6 Å². The summed E-state index contributed by atoms with van der Waals surface area (Å²) in [6.45, 7) is 0. The molecule has 0 bridgehead atoms. The number of hydrogen-bond acceptors (Lipinski definition) is 4. The fraction of sp³-hybridized carbons (Fsp3) is 0.333. The van der Waals surface area contributed by atoms with E-state index in [9.17, 15) is 14.7 Å². The Balaban J connectivity index is 2.13. The second-order valence-electron chi connectivity index (χ2n) is 4.04. The number of amides is 1.